The second kappa shape index (κ2) is 5.78. The van der Waals surface area contributed by atoms with Gasteiger partial charge < -0.3 is 0 Å². The van der Waals surface area contributed by atoms with E-state index in [1.54, 1.807) is 35.1 Å². The fourth-order valence-corrected chi connectivity index (χ4v) is 2.74. The Hall–Kier alpha value is -2.63. The van der Waals surface area contributed by atoms with Gasteiger partial charge in [-0.2, -0.15) is 10.2 Å². The molecule has 2 aromatic heterocycles. The van der Waals surface area contributed by atoms with Gasteiger partial charge in [-0.3, -0.25) is 4.79 Å². The lowest BCUT2D eigenvalue weighted by atomic mass is 10.1. The first-order chi connectivity index (χ1) is 11.6. The Morgan fingerprint density at radius 3 is 2.21 bits per heavy atom. The molecule has 4 aromatic rings. The van der Waals surface area contributed by atoms with Gasteiger partial charge in [0.15, 0.2) is 5.52 Å². The molecule has 0 unspecified atom stereocenters. The molecule has 0 saturated carbocycles. The van der Waals surface area contributed by atoms with Crippen molar-refractivity contribution in [1.82, 2.24) is 20.0 Å². The molecule has 1 N–H and O–H groups in total. The van der Waals surface area contributed by atoms with Crippen LogP contribution in [0.15, 0.2) is 59.5 Å². The van der Waals surface area contributed by atoms with E-state index in [-0.39, 0.29) is 5.56 Å². The van der Waals surface area contributed by atoms with Gasteiger partial charge in [-0.25, -0.2) is 9.78 Å². The Morgan fingerprint density at radius 1 is 0.917 bits per heavy atom. The molecule has 0 fully saturated rings. The molecule has 0 bridgehead atoms. The van der Waals surface area contributed by atoms with Crippen LogP contribution in [0.1, 0.15) is 0 Å². The van der Waals surface area contributed by atoms with Gasteiger partial charge in [0, 0.05) is 21.8 Å². The van der Waals surface area contributed by atoms with E-state index in [0.717, 1.165) is 11.3 Å². The molecule has 0 aliphatic rings. The van der Waals surface area contributed by atoms with Crippen molar-refractivity contribution < 1.29 is 0 Å². The quantitative estimate of drug-likeness (QED) is 0.588. The number of nitrogens with zero attached hydrogens (tertiary/aromatic N) is 3. The van der Waals surface area contributed by atoms with Crippen molar-refractivity contribution in [3.63, 3.8) is 0 Å². The smallest absolute Gasteiger partial charge is 0.265 e. The van der Waals surface area contributed by atoms with E-state index in [2.05, 4.69) is 15.3 Å². The van der Waals surface area contributed by atoms with Crippen LogP contribution in [-0.4, -0.2) is 20.0 Å². The van der Waals surface area contributed by atoms with Crippen LogP contribution >= 0.6 is 23.2 Å². The Kier molecular flexibility index (Phi) is 3.59. The van der Waals surface area contributed by atoms with Gasteiger partial charge in [-0.15, -0.1) is 0 Å². The molecule has 4 rings (SSSR count). The minimum Gasteiger partial charge on any atom is -0.265 e. The lowest BCUT2D eigenvalue weighted by Crippen LogP contribution is -2.09. The zero-order valence-electron chi connectivity index (χ0n) is 12.2. The maximum absolute atomic E-state index is 12.1. The van der Waals surface area contributed by atoms with Crippen molar-refractivity contribution in [2.75, 3.05) is 0 Å². The molecule has 2 heterocycles. The van der Waals surface area contributed by atoms with Gasteiger partial charge in [0.05, 0.1) is 11.1 Å². The summed E-state index contributed by atoms with van der Waals surface area (Å²) in [5, 5.41) is 13.0. The van der Waals surface area contributed by atoms with Crippen LogP contribution in [0, 0.1) is 0 Å². The van der Waals surface area contributed by atoms with Crippen LogP contribution in [0.5, 0.6) is 0 Å². The zero-order chi connectivity index (χ0) is 16.7. The summed E-state index contributed by atoms with van der Waals surface area (Å²) in [5.41, 5.74) is 2.27. The molecule has 0 aliphatic carbocycles. The van der Waals surface area contributed by atoms with E-state index in [4.69, 9.17) is 23.2 Å². The highest BCUT2D eigenvalue weighted by atomic mass is 35.5. The monoisotopic (exact) mass is 356 g/mol. The molecule has 118 valence electrons. The number of benzene rings is 2. The molecule has 0 aliphatic heterocycles. The van der Waals surface area contributed by atoms with Crippen molar-refractivity contribution in [3.05, 3.63) is 75.1 Å². The minimum absolute atomic E-state index is 0.324. The molecule has 0 radical (unpaired) electrons. The second-order valence-electron chi connectivity index (χ2n) is 5.22. The number of rotatable bonds is 2. The van der Waals surface area contributed by atoms with Gasteiger partial charge in [0.25, 0.3) is 5.56 Å². The molecule has 0 atom stereocenters. The first-order valence-electron chi connectivity index (χ1n) is 7.12. The molecular formula is C17H10Cl2N4O. The van der Waals surface area contributed by atoms with Gasteiger partial charge >= 0.3 is 0 Å². The van der Waals surface area contributed by atoms with Crippen LogP contribution in [0.3, 0.4) is 0 Å². The highest BCUT2D eigenvalue weighted by molar-refractivity contribution is 6.30. The van der Waals surface area contributed by atoms with Crippen molar-refractivity contribution in [3.8, 4) is 16.9 Å². The SMILES string of the molecule is O=c1[nH]nc(-c2ccc(Cl)cc2)c2cn(-c3ccc(Cl)cc3)nc12. The summed E-state index contributed by atoms with van der Waals surface area (Å²) in [7, 11) is 0. The largest absolute Gasteiger partial charge is 0.292 e. The number of H-pyrrole nitrogens is 1. The van der Waals surface area contributed by atoms with E-state index < -0.39 is 0 Å². The van der Waals surface area contributed by atoms with Crippen LogP contribution in [0.25, 0.3) is 27.8 Å². The van der Waals surface area contributed by atoms with Crippen LogP contribution < -0.4 is 5.56 Å². The predicted molar refractivity (Wildman–Crippen MR) is 94.9 cm³/mol. The average molecular weight is 357 g/mol. The van der Waals surface area contributed by atoms with Gasteiger partial charge in [-0.05, 0) is 36.4 Å². The maximum atomic E-state index is 12.1. The number of fused-ring (bicyclic) bond motifs is 1. The van der Waals surface area contributed by atoms with E-state index in [1.807, 2.05) is 24.3 Å². The summed E-state index contributed by atoms with van der Waals surface area (Å²) in [6.45, 7) is 0. The Bertz CT molecular complexity index is 1080. The topological polar surface area (TPSA) is 63.6 Å². The van der Waals surface area contributed by atoms with Crippen molar-refractivity contribution >= 4 is 34.1 Å². The molecule has 7 heteroatoms. The third-order valence-electron chi connectivity index (χ3n) is 3.66. The van der Waals surface area contributed by atoms with Crippen molar-refractivity contribution in [2.45, 2.75) is 0 Å². The summed E-state index contributed by atoms with van der Waals surface area (Å²) in [4.78, 5) is 12.1. The molecular weight excluding hydrogens is 347 g/mol. The first-order valence-corrected chi connectivity index (χ1v) is 7.87. The first kappa shape index (κ1) is 14.9. The molecule has 0 saturated heterocycles. The summed E-state index contributed by atoms with van der Waals surface area (Å²) >= 11 is 11.8. The maximum Gasteiger partial charge on any atom is 0.292 e. The van der Waals surface area contributed by atoms with E-state index in [1.165, 1.54) is 0 Å². The number of nitrogens with one attached hydrogen (secondary N) is 1. The summed E-state index contributed by atoms with van der Waals surface area (Å²) in [5.74, 6) is 0. The average Bonchev–Trinajstić information content (AvgIpc) is 3.03. The molecule has 5 nitrogen and oxygen atoms in total. The fraction of sp³-hybridized carbons (Fsp3) is 0. The molecule has 24 heavy (non-hydrogen) atoms. The highest BCUT2D eigenvalue weighted by Crippen LogP contribution is 2.26. The van der Waals surface area contributed by atoms with Crippen LogP contribution in [-0.2, 0) is 0 Å². The van der Waals surface area contributed by atoms with E-state index in [0.29, 0.717) is 26.6 Å². The number of halogens is 2. The lowest BCUT2D eigenvalue weighted by molar-refractivity contribution is 0.891. The van der Waals surface area contributed by atoms with E-state index >= 15 is 0 Å². The third kappa shape index (κ3) is 2.58. The lowest BCUT2D eigenvalue weighted by Gasteiger charge is -2.01. The van der Waals surface area contributed by atoms with Crippen molar-refractivity contribution in [2.24, 2.45) is 0 Å². The summed E-state index contributed by atoms with van der Waals surface area (Å²) < 4.78 is 1.64. The molecule has 0 amide bonds. The van der Waals surface area contributed by atoms with Gasteiger partial charge in [-0.1, -0.05) is 35.3 Å². The number of hydrogen-bond donors (Lipinski definition) is 1. The Balaban J connectivity index is 1.93. The van der Waals surface area contributed by atoms with Crippen LogP contribution in [0.4, 0.5) is 0 Å². The predicted octanol–water partition coefficient (Wildman–Crippen LogP) is 4.08. The third-order valence-corrected chi connectivity index (χ3v) is 4.17. The number of hydrogen-bond acceptors (Lipinski definition) is 3. The zero-order valence-corrected chi connectivity index (χ0v) is 13.7. The normalized spacial score (nSPS) is 11.1. The van der Waals surface area contributed by atoms with Crippen molar-refractivity contribution in [1.29, 1.82) is 0 Å². The minimum atomic E-state index is -0.338. The van der Waals surface area contributed by atoms with Crippen LogP contribution in [0.2, 0.25) is 10.0 Å². The molecule has 0 spiro atoms. The van der Waals surface area contributed by atoms with E-state index in [9.17, 15) is 4.79 Å². The standard InChI is InChI=1S/C17H10Cl2N4O/c18-11-3-1-10(2-4-11)15-14-9-23(13-7-5-12(19)6-8-13)22-16(14)17(24)21-20-15/h1-9H,(H,21,24). The summed E-state index contributed by atoms with van der Waals surface area (Å²) in [6.07, 6.45) is 1.78. The van der Waals surface area contributed by atoms with Gasteiger partial charge in [0.2, 0.25) is 0 Å². The number of aromatic nitrogens is 4. The highest BCUT2D eigenvalue weighted by Gasteiger charge is 2.13. The summed E-state index contributed by atoms with van der Waals surface area (Å²) in [6, 6.07) is 14.5. The Morgan fingerprint density at radius 2 is 1.54 bits per heavy atom. The number of aromatic amines is 1. The van der Waals surface area contributed by atoms with Gasteiger partial charge in [0.1, 0.15) is 5.69 Å². The second-order valence-corrected chi connectivity index (χ2v) is 6.09. The Labute approximate surface area is 146 Å². The fourth-order valence-electron chi connectivity index (χ4n) is 2.49. The molecule has 2 aromatic carbocycles.